The second-order valence-electron chi connectivity index (χ2n) is 7.09. The second kappa shape index (κ2) is 10.1. The standard InChI is InChI=1S/C21H22N4O2S4/c1-31(26,27)14-7-3-6-12-25-19(18-11-8-13-28-18)23-24-20(25)30-21-22-17(15-29-21)16-9-4-2-5-10-16/h2,4-5,8-11,13,15H,3,6-7,12,14H2,1H3. The largest absolute Gasteiger partial charge is 0.301 e. The molecule has 0 bridgehead atoms. The van der Waals surface area contributed by atoms with E-state index >= 15 is 0 Å². The Hall–Kier alpha value is -2.01. The van der Waals surface area contributed by atoms with Crippen LogP contribution in [0.25, 0.3) is 22.0 Å². The predicted molar refractivity (Wildman–Crippen MR) is 129 cm³/mol. The van der Waals surface area contributed by atoms with Crippen LogP contribution in [0.1, 0.15) is 19.3 Å². The van der Waals surface area contributed by atoms with Gasteiger partial charge in [0.25, 0.3) is 0 Å². The zero-order valence-electron chi connectivity index (χ0n) is 17.0. The lowest BCUT2D eigenvalue weighted by molar-refractivity contribution is 0.563. The molecule has 4 rings (SSSR count). The molecule has 0 unspecified atom stereocenters. The summed E-state index contributed by atoms with van der Waals surface area (Å²) in [5, 5.41) is 13.8. The smallest absolute Gasteiger partial charge is 0.198 e. The molecule has 0 atom stereocenters. The molecular formula is C21H22N4O2S4. The van der Waals surface area contributed by atoms with E-state index in [1.165, 1.54) is 18.0 Å². The average molecular weight is 491 g/mol. The summed E-state index contributed by atoms with van der Waals surface area (Å²) in [6.45, 7) is 0.739. The molecule has 0 spiro atoms. The van der Waals surface area contributed by atoms with E-state index in [9.17, 15) is 8.42 Å². The van der Waals surface area contributed by atoms with Crippen LogP contribution in [0.2, 0.25) is 0 Å². The molecule has 0 saturated carbocycles. The third kappa shape index (κ3) is 6.03. The number of benzene rings is 1. The summed E-state index contributed by atoms with van der Waals surface area (Å²) in [6.07, 6.45) is 3.67. The number of unbranched alkanes of at least 4 members (excludes halogenated alkanes) is 2. The number of nitrogens with zero attached hydrogens (tertiary/aromatic N) is 4. The minimum atomic E-state index is -2.91. The highest BCUT2D eigenvalue weighted by molar-refractivity contribution is 8.00. The predicted octanol–water partition coefficient (Wildman–Crippen LogP) is 5.50. The molecule has 0 radical (unpaired) electrons. The molecule has 0 amide bonds. The number of hydrogen-bond acceptors (Lipinski definition) is 8. The van der Waals surface area contributed by atoms with Crippen LogP contribution in [-0.2, 0) is 16.4 Å². The quantitative estimate of drug-likeness (QED) is 0.273. The minimum absolute atomic E-state index is 0.232. The van der Waals surface area contributed by atoms with E-state index in [0.29, 0.717) is 6.42 Å². The van der Waals surface area contributed by atoms with E-state index in [1.54, 1.807) is 22.7 Å². The minimum Gasteiger partial charge on any atom is -0.301 e. The van der Waals surface area contributed by atoms with Crippen molar-refractivity contribution in [3.63, 3.8) is 0 Å². The summed E-state index contributed by atoms with van der Waals surface area (Å²) in [5.41, 5.74) is 2.05. The van der Waals surface area contributed by atoms with Gasteiger partial charge in [-0.1, -0.05) is 42.8 Å². The number of hydrogen-bond donors (Lipinski definition) is 0. The Morgan fingerprint density at radius 1 is 1.00 bits per heavy atom. The van der Waals surface area contributed by atoms with Crippen LogP contribution in [0.4, 0.5) is 0 Å². The van der Waals surface area contributed by atoms with Gasteiger partial charge in [-0.3, -0.25) is 0 Å². The molecule has 0 N–H and O–H groups in total. The van der Waals surface area contributed by atoms with E-state index in [-0.39, 0.29) is 5.75 Å². The first-order valence-electron chi connectivity index (χ1n) is 9.83. The zero-order chi connectivity index (χ0) is 21.7. The number of thiophene rings is 1. The van der Waals surface area contributed by atoms with Crippen LogP contribution in [0.15, 0.2) is 62.7 Å². The fourth-order valence-corrected chi connectivity index (χ4v) is 6.32. The Morgan fingerprint density at radius 3 is 2.58 bits per heavy atom. The van der Waals surface area contributed by atoms with Crippen LogP contribution < -0.4 is 0 Å². The van der Waals surface area contributed by atoms with Gasteiger partial charge < -0.3 is 4.57 Å². The summed E-state index contributed by atoms with van der Waals surface area (Å²) in [7, 11) is -2.91. The Balaban J connectivity index is 1.50. The molecule has 6 nitrogen and oxygen atoms in total. The molecule has 0 fully saturated rings. The molecule has 162 valence electrons. The molecule has 0 aliphatic rings. The Kier molecular flexibility index (Phi) is 7.21. The summed E-state index contributed by atoms with van der Waals surface area (Å²) >= 11 is 4.75. The third-order valence-corrected chi connectivity index (χ3v) is 8.41. The van der Waals surface area contributed by atoms with E-state index in [0.717, 1.165) is 50.8 Å². The lowest BCUT2D eigenvalue weighted by Gasteiger charge is -2.08. The van der Waals surface area contributed by atoms with Gasteiger partial charge in [0.15, 0.2) is 15.3 Å². The Labute approximate surface area is 194 Å². The maximum absolute atomic E-state index is 11.4. The topological polar surface area (TPSA) is 77.7 Å². The van der Waals surface area contributed by atoms with Crippen molar-refractivity contribution in [3.8, 4) is 22.0 Å². The van der Waals surface area contributed by atoms with Crippen molar-refractivity contribution in [2.24, 2.45) is 0 Å². The number of rotatable bonds is 10. The molecule has 4 aromatic rings. The van der Waals surface area contributed by atoms with Crippen LogP contribution in [0, 0.1) is 0 Å². The first kappa shape index (κ1) is 22.2. The van der Waals surface area contributed by atoms with Gasteiger partial charge in [-0.05, 0) is 36.0 Å². The lowest BCUT2D eigenvalue weighted by atomic mass is 10.2. The first-order valence-corrected chi connectivity index (χ1v) is 14.5. The molecule has 0 aliphatic heterocycles. The Morgan fingerprint density at radius 2 is 1.84 bits per heavy atom. The molecule has 31 heavy (non-hydrogen) atoms. The van der Waals surface area contributed by atoms with Crippen molar-refractivity contribution in [3.05, 3.63) is 53.2 Å². The van der Waals surface area contributed by atoms with Gasteiger partial charge in [-0.2, -0.15) is 0 Å². The SMILES string of the molecule is CS(=O)(=O)CCCCCn1c(Sc2nc(-c3ccccc3)cs2)nnc1-c1cccs1. The summed E-state index contributed by atoms with van der Waals surface area (Å²) < 4.78 is 25.8. The third-order valence-electron chi connectivity index (χ3n) is 4.59. The second-order valence-corrected chi connectivity index (χ2v) is 12.4. The van der Waals surface area contributed by atoms with E-state index in [1.807, 2.05) is 35.7 Å². The fraction of sp³-hybridized carbons (Fsp3) is 0.286. The average Bonchev–Trinajstić information content (AvgIpc) is 3.49. The Bertz CT molecular complexity index is 1220. The molecule has 10 heteroatoms. The highest BCUT2D eigenvalue weighted by Gasteiger charge is 2.17. The van der Waals surface area contributed by atoms with Crippen molar-refractivity contribution in [2.75, 3.05) is 12.0 Å². The summed E-state index contributed by atoms with van der Waals surface area (Å²) in [6, 6.07) is 14.2. The summed E-state index contributed by atoms with van der Waals surface area (Å²) in [5.74, 6) is 1.08. The maximum atomic E-state index is 11.4. The molecule has 1 aromatic carbocycles. The normalized spacial score (nSPS) is 11.8. The highest BCUT2D eigenvalue weighted by Crippen LogP contribution is 2.35. The van der Waals surface area contributed by atoms with Crippen LogP contribution in [-0.4, -0.2) is 40.2 Å². The van der Waals surface area contributed by atoms with Gasteiger partial charge in [-0.15, -0.1) is 32.9 Å². The van der Waals surface area contributed by atoms with E-state index in [4.69, 9.17) is 4.98 Å². The van der Waals surface area contributed by atoms with Crippen LogP contribution in [0.3, 0.4) is 0 Å². The van der Waals surface area contributed by atoms with Crippen molar-refractivity contribution in [1.82, 2.24) is 19.7 Å². The van der Waals surface area contributed by atoms with Gasteiger partial charge in [0, 0.05) is 29.5 Å². The molecule has 0 aliphatic carbocycles. The lowest BCUT2D eigenvalue weighted by Crippen LogP contribution is -2.05. The van der Waals surface area contributed by atoms with E-state index in [2.05, 4.69) is 32.3 Å². The summed E-state index contributed by atoms with van der Waals surface area (Å²) in [4.78, 5) is 5.83. The first-order chi connectivity index (χ1) is 15.0. The van der Waals surface area contributed by atoms with Crippen molar-refractivity contribution in [2.45, 2.75) is 35.3 Å². The fourth-order valence-electron chi connectivity index (χ4n) is 3.09. The number of thiazole rings is 1. The van der Waals surface area contributed by atoms with Gasteiger partial charge >= 0.3 is 0 Å². The van der Waals surface area contributed by atoms with Crippen LogP contribution in [0.5, 0.6) is 0 Å². The van der Waals surface area contributed by atoms with Crippen molar-refractivity contribution < 1.29 is 8.42 Å². The van der Waals surface area contributed by atoms with Crippen molar-refractivity contribution >= 4 is 44.3 Å². The van der Waals surface area contributed by atoms with Crippen molar-refractivity contribution in [1.29, 1.82) is 0 Å². The number of sulfone groups is 1. The van der Waals surface area contributed by atoms with Gasteiger partial charge in [0.1, 0.15) is 9.84 Å². The van der Waals surface area contributed by atoms with Gasteiger partial charge in [0.2, 0.25) is 0 Å². The van der Waals surface area contributed by atoms with Gasteiger partial charge in [-0.25, -0.2) is 13.4 Å². The molecular weight excluding hydrogens is 469 g/mol. The van der Waals surface area contributed by atoms with Gasteiger partial charge in [0.05, 0.1) is 10.6 Å². The molecule has 3 aromatic heterocycles. The maximum Gasteiger partial charge on any atom is 0.198 e. The monoisotopic (exact) mass is 490 g/mol. The molecule has 3 heterocycles. The number of aromatic nitrogens is 4. The molecule has 0 saturated heterocycles. The zero-order valence-corrected chi connectivity index (χ0v) is 20.2. The van der Waals surface area contributed by atoms with Crippen LogP contribution >= 0.6 is 34.4 Å². The highest BCUT2D eigenvalue weighted by atomic mass is 32.2. The van der Waals surface area contributed by atoms with E-state index < -0.39 is 9.84 Å².